The van der Waals surface area contributed by atoms with Gasteiger partial charge in [0, 0.05) is 24.3 Å². The lowest BCUT2D eigenvalue weighted by Gasteiger charge is -2.24. The molecule has 0 aromatic heterocycles. The SMILES string of the molecule is CCN(CC)CCNc1ccc(C)c2c1C(=O)c1ccccc1S2(=O)=O. The number of ketones is 1. The van der Waals surface area contributed by atoms with Crippen LogP contribution in [-0.2, 0) is 9.84 Å². The van der Waals surface area contributed by atoms with Gasteiger partial charge in [-0.2, -0.15) is 0 Å². The van der Waals surface area contributed by atoms with Crippen molar-refractivity contribution in [2.24, 2.45) is 0 Å². The molecule has 0 radical (unpaired) electrons. The van der Waals surface area contributed by atoms with Gasteiger partial charge in [0.05, 0.1) is 15.4 Å². The molecule has 0 aliphatic carbocycles. The molecule has 0 amide bonds. The number of carbonyl (C=O) groups excluding carboxylic acids is 1. The first-order chi connectivity index (χ1) is 12.4. The molecule has 1 aliphatic rings. The number of nitrogens with zero attached hydrogens (tertiary/aromatic N) is 1. The first-order valence-electron chi connectivity index (χ1n) is 8.90. The number of aryl methyl sites for hydroxylation is 1. The molecule has 0 saturated heterocycles. The van der Waals surface area contributed by atoms with E-state index in [2.05, 4.69) is 24.1 Å². The van der Waals surface area contributed by atoms with E-state index in [4.69, 9.17) is 0 Å². The molecule has 138 valence electrons. The molecule has 2 aromatic carbocycles. The van der Waals surface area contributed by atoms with Gasteiger partial charge in [0.2, 0.25) is 9.84 Å². The monoisotopic (exact) mass is 372 g/mol. The van der Waals surface area contributed by atoms with E-state index in [1.54, 1.807) is 37.3 Å². The highest BCUT2D eigenvalue weighted by atomic mass is 32.2. The molecule has 6 heteroatoms. The summed E-state index contributed by atoms with van der Waals surface area (Å²) in [7, 11) is -3.71. The Kier molecular flexibility index (Phi) is 5.16. The zero-order chi connectivity index (χ0) is 18.9. The maximum absolute atomic E-state index is 13.1. The Morgan fingerprint density at radius 2 is 1.73 bits per heavy atom. The third-order valence-corrected chi connectivity index (χ3v) is 6.91. The molecule has 1 aliphatic heterocycles. The Labute approximate surface area is 154 Å². The van der Waals surface area contributed by atoms with Crippen LogP contribution in [0, 0.1) is 6.92 Å². The number of carbonyl (C=O) groups is 1. The number of hydrogen-bond acceptors (Lipinski definition) is 5. The van der Waals surface area contributed by atoms with Gasteiger partial charge in [-0.1, -0.05) is 32.0 Å². The molecular formula is C20H24N2O3S. The Morgan fingerprint density at radius 1 is 1.04 bits per heavy atom. The van der Waals surface area contributed by atoms with Crippen molar-refractivity contribution in [1.82, 2.24) is 4.90 Å². The number of sulfone groups is 1. The maximum atomic E-state index is 13.1. The molecule has 1 N–H and O–H groups in total. The van der Waals surface area contributed by atoms with Crippen LogP contribution in [0.3, 0.4) is 0 Å². The van der Waals surface area contributed by atoms with Crippen molar-refractivity contribution >= 4 is 21.3 Å². The third kappa shape index (κ3) is 3.04. The summed E-state index contributed by atoms with van der Waals surface area (Å²) in [6.07, 6.45) is 0. The van der Waals surface area contributed by atoms with Crippen molar-refractivity contribution < 1.29 is 13.2 Å². The molecule has 0 unspecified atom stereocenters. The van der Waals surface area contributed by atoms with E-state index in [0.29, 0.717) is 17.8 Å². The molecule has 5 nitrogen and oxygen atoms in total. The second-order valence-corrected chi connectivity index (χ2v) is 8.27. The summed E-state index contributed by atoms with van der Waals surface area (Å²) in [5, 5.41) is 3.27. The summed E-state index contributed by atoms with van der Waals surface area (Å²) in [5.74, 6) is -0.237. The van der Waals surface area contributed by atoms with E-state index in [1.165, 1.54) is 6.07 Å². The Balaban J connectivity index is 2.05. The predicted molar refractivity (Wildman–Crippen MR) is 103 cm³/mol. The second kappa shape index (κ2) is 7.21. The van der Waals surface area contributed by atoms with Crippen molar-refractivity contribution in [2.45, 2.75) is 30.6 Å². The Morgan fingerprint density at radius 3 is 2.42 bits per heavy atom. The summed E-state index contributed by atoms with van der Waals surface area (Å²) >= 11 is 0. The summed E-state index contributed by atoms with van der Waals surface area (Å²) in [6.45, 7) is 9.31. The fourth-order valence-electron chi connectivity index (χ4n) is 3.43. The zero-order valence-electron chi connectivity index (χ0n) is 15.4. The molecule has 26 heavy (non-hydrogen) atoms. The Hall–Kier alpha value is -2.18. The van der Waals surface area contributed by atoms with Gasteiger partial charge in [-0.3, -0.25) is 4.79 Å². The summed E-state index contributed by atoms with van der Waals surface area (Å²) in [6, 6.07) is 10.00. The van der Waals surface area contributed by atoms with Crippen LogP contribution in [0.25, 0.3) is 0 Å². The van der Waals surface area contributed by atoms with E-state index >= 15 is 0 Å². The zero-order valence-corrected chi connectivity index (χ0v) is 16.2. The fourth-order valence-corrected chi connectivity index (χ4v) is 5.32. The van der Waals surface area contributed by atoms with Crippen LogP contribution in [0.5, 0.6) is 0 Å². The number of benzene rings is 2. The quantitative estimate of drug-likeness (QED) is 0.720. The average molecular weight is 372 g/mol. The summed E-state index contributed by atoms with van der Waals surface area (Å²) < 4.78 is 26.2. The van der Waals surface area contributed by atoms with Crippen molar-refractivity contribution in [3.05, 3.63) is 53.1 Å². The molecule has 2 aromatic rings. The molecule has 0 fully saturated rings. The number of fused-ring (bicyclic) bond motifs is 2. The molecule has 0 bridgehead atoms. The molecule has 0 atom stereocenters. The first kappa shape index (κ1) is 18.6. The molecule has 1 heterocycles. The fraction of sp³-hybridized carbons (Fsp3) is 0.350. The highest BCUT2D eigenvalue weighted by Crippen LogP contribution is 2.39. The number of anilines is 1. The van der Waals surface area contributed by atoms with E-state index in [9.17, 15) is 13.2 Å². The van der Waals surface area contributed by atoms with E-state index in [1.807, 2.05) is 0 Å². The topological polar surface area (TPSA) is 66.5 Å². The number of rotatable bonds is 6. The van der Waals surface area contributed by atoms with Crippen LogP contribution in [0.4, 0.5) is 5.69 Å². The van der Waals surface area contributed by atoms with Crippen molar-refractivity contribution in [1.29, 1.82) is 0 Å². The average Bonchev–Trinajstić information content (AvgIpc) is 2.64. The van der Waals surface area contributed by atoms with Gasteiger partial charge in [-0.15, -0.1) is 0 Å². The highest BCUT2D eigenvalue weighted by Gasteiger charge is 2.37. The van der Waals surface area contributed by atoms with E-state index < -0.39 is 9.84 Å². The van der Waals surface area contributed by atoms with Gasteiger partial charge in [0.25, 0.3) is 0 Å². The van der Waals surface area contributed by atoms with Crippen molar-refractivity contribution in [3.8, 4) is 0 Å². The Bertz CT molecular complexity index is 948. The summed E-state index contributed by atoms with van der Waals surface area (Å²) in [4.78, 5) is 15.6. The minimum Gasteiger partial charge on any atom is -0.383 e. The largest absolute Gasteiger partial charge is 0.383 e. The van der Waals surface area contributed by atoms with E-state index in [0.717, 1.165) is 19.6 Å². The van der Waals surface area contributed by atoms with E-state index in [-0.39, 0.29) is 26.7 Å². The van der Waals surface area contributed by atoms with Crippen LogP contribution in [0.1, 0.15) is 35.3 Å². The predicted octanol–water partition coefficient (Wildman–Crippen LogP) is 3.13. The van der Waals surface area contributed by atoms with Gasteiger partial charge >= 0.3 is 0 Å². The molecular weight excluding hydrogens is 348 g/mol. The third-order valence-electron chi connectivity index (χ3n) is 4.91. The van der Waals surface area contributed by atoms with Crippen LogP contribution in [0.15, 0.2) is 46.2 Å². The number of nitrogens with one attached hydrogen (secondary N) is 1. The van der Waals surface area contributed by atoms with Gasteiger partial charge in [-0.25, -0.2) is 8.42 Å². The summed E-state index contributed by atoms with van der Waals surface area (Å²) in [5.41, 5.74) is 1.69. The highest BCUT2D eigenvalue weighted by molar-refractivity contribution is 7.91. The minimum atomic E-state index is -3.71. The lowest BCUT2D eigenvalue weighted by atomic mass is 9.98. The van der Waals surface area contributed by atoms with Gasteiger partial charge < -0.3 is 10.2 Å². The van der Waals surface area contributed by atoms with Crippen molar-refractivity contribution in [3.63, 3.8) is 0 Å². The molecule has 3 rings (SSSR count). The first-order valence-corrected chi connectivity index (χ1v) is 10.4. The maximum Gasteiger partial charge on any atom is 0.208 e. The molecule has 0 saturated carbocycles. The number of hydrogen-bond donors (Lipinski definition) is 1. The second-order valence-electron chi connectivity index (χ2n) is 6.42. The standard InChI is InChI=1S/C20H24N2O3S/c1-4-22(5-2)13-12-21-16-11-10-14(3)20-18(16)19(23)15-8-6-7-9-17(15)26(20,24)25/h6-11,21H,4-5,12-13H2,1-3H3. The van der Waals surface area contributed by atoms with Gasteiger partial charge in [-0.05, 0) is 43.8 Å². The van der Waals surface area contributed by atoms with Gasteiger partial charge in [0.15, 0.2) is 5.78 Å². The van der Waals surface area contributed by atoms with Crippen molar-refractivity contribution in [2.75, 3.05) is 31.5 Å². The van der Waals surface area contributed by atoms with Gasteiger partial charge in [0.1, 0.15) is 0 Å². The van der Waals surface area contributed by atoms with Crippen LogP contribution in [-0.4, -0.2) is 45.3 Å². The van der Waals surface area contributed by atoms with Crippen LogP contribution < -0.4 is 5.32 Å². The number of likely N-dealkylation sites (N-methyl/N-ethyl adjacent to an activating group) is 1. The minimum absolute atomic E-state index is 0.0980. The van der Waals surface area contributed by atoms with Crippen LogP contribution in [0.2, 0.25) is 0 Å². The van der Waals surface area contributed by atoms with Crippen LogP contribution >= 0.6 is 0 Å². The normalized spacial score (nSPS) is 14.8. The lowest BCUT2D eigenvalue weighted by Crippen LogP contribution is -2.29. The lowest BCUT2D eigenvalue weighted by molar-refractivity contribution is 0.103. The smallest absolute Gasteiger partial charge is 0.208 e. The molecule has 0 spiro atoms.